The number of aryl methyl sites for hydroxylation is 1. The molecule has 1 rings (SSSR count). The van der Waals surface area contributed by atoms with Crippen LogP contribution in [0.3, 0.4) is 0 Å². The fourth-order valence-corrected chi connectivity index (χ4v) is 1.48. The lowest BCUT2D eigenvalue weighted by molar-refractivity contribution is 0.795. The Hall–Kier alpha value is -0.820. The zero-order chi connectivity index (χ0) is 10.2. The predicted octanol–water partition coefficient (Wildman–Crippen LogP) is 3.37. The lowest BCUT2D eigenvalue weighted by Crippen LogP contribution is -1.91. The Labute approximate surface area is 90.8 Å². The van der Waals surface area contributed by atoms with Crippen molar-refractivity contribution in [1.82, 2.24) is 4.98 Å². The number of aromatic nitrogens is 1. The van der Waals surface area contributed by atoms with Crippen LogP contribution in [0.25, 0.3) is 0 Å². The molecule has 1 aromatic rings. The molecule has 0 aliphatic heterocycles. The number of pyridine rings is 1. The van der Waals surface area contributed by atoms with Crippen LogP contribution in [0.1, 0.15) is 24.1 Å². The molecule has 1 aromatic heterocycles. The summed E-state index contributed by atoms with van der Waals surface area (Å²) in [4.78, 5) is 4.34. The van der Waals surface area contributed by atoms with E-state index in [1.807, 2.05) is 12.3 Å². The van der Waals surface area contributed by atoms with Crippen LogP contribution < -0.4 is 0 Å². The second kappa shape index (κ2) is 6.61. The van der Waals surface area contributed by atoms with Crippen LogP contribution in [0.15, 0.2) is 31.0 Å². The lowest BCUT2D eigenvalue weighted by atomic mass is 10.1. The number of halogens is 1. The maximum Gasteiger partial charge on any atom is 0.0441 e. The van der Waals surface area contributed by atoms with Gasteiger partial charge in [-0.3, -0.25) is 4.98 Å². The van der Waals surface area contributed by atoms with Crippen LogP contribution in [0.5, 0.6) is 0 Å². The number of allylic oxidation sites excluding steroid dienone is 1. The summed E-state index contributed by atoms with van der Waals surface area (Å²) in [6, 6.07) is 4.21. The largest absolute Gasteiger partial charge is 0.261 e. The summed E-state index contributed by atoms with van der Waals surface area (Å²) in [6.45, 7) is 3.68. The van der Waals surface area contributed by atoms with Crippen LogP contribution in [0.2, 0.25) is 0 Å². The smallest absolute Gasteiger partial charge is 0.0441 e. The third-order valence-corrected chi connectivity index (χ3v) is 2.36. The first-order valence-electron chi connectivity index (χ1n) is 4.97. The molecular formula is C12H16ClN. The van der Waals surface area contributed by atoms with Crippen molar-refractivity contribution in [3.63, 3.8) is 0 Å². The molecule has 76 valence electrons. The highest BCUT2D eigenvalue weighted by Gasteiger charge is 1.95. The fraction of sp³-hybridized carbons (Fsp3) is 0.417. The van der Waals surface area contributed by atoms with Gasteiger partial charge in [-0.15, -0.1) is 18.2 Å². The minimum Gasteiger partial charge on any atom is -0.261 e. The zero-order valence-corrected chi connectivity index (χ0v) is 9.13. The standard InChI is InChI=1S/C12H16ClN/c1-2-5-12-8-7-11(10-14-12)6-3-4-9-13/h2,7-8,10H,1,3-6,9H2. The van der Waals surface area contributed by atoms with Gasteiger partial charge < -0.3 is 0 Å². The highest BCUT2D eigenvalue weighted by atomic mass is 35.5. The Bertz CT molecular complexity index is 266. The van der Waals surface area contributed by atoms with Crippen molar-refractivity contribution in [2.24, 2.45) is 0 Å². The van der Waals surface area contributed by atoms with Crippen molar-refractivity contribution in [3.05, 3.63) is 42.2 Å². The molecule has 0 aliphatic carbocycles. The molecule has 0 aliphatic rings. The van der Waals surface area contributed by atoms with E-state index in [0.717, 1.165) is 37.3 Å². The van der Waals surface area contributed by atoms with Crippen LogP contribution in [-0.4, -0.2) is 10.9 Å². The van der Waals surface area contributed by atoms with Crippen molar-refractivity contribution < 1.29 is 0 Å². The van der Waals surface area contributed by atoms with Gasteiger partial charge in [0, 0.05) is 24.2 Å². The minimum atomic E-state index is 0.752. The molecule has 0 bridgehead atoms. The Balaban J connectivity index is 2.42. The molecule has 0 amide bonds. The number of nitrogens with zero attached hydrogens (tertiary/aromatic N) is 1. The van der Waals surface area contributed by atoms with Gasteiger partial charge in [-0.2, -0.15) is 0 Å². The van der Waals surface area contributed by atoms with Crippen LogP contribution in [0.4, 0.5) is 0 Å². The van der Waals surface area contributed by atoms with Gasteiger partial charge in [0.2, 0.25) is 0 Å². The van der Waals surface area contributed by atoms with E-state index in [-0.39, 0.29) is 0 Å². The zero-order valence-electron chi connectivity index (χ0n) is 8.38. The highest BCUT2D eigenvalue weighted by molar-refractivity contribution is 6.17. The van der Waals surface area contributed by atoms with Gasteiger partial charge in [-0.05, 0) is 30.9 Å². The van der Waals surface area contributed by atoms with Crippen LogP contribution >= 0.6 is 11.6 Å². The monoisotopic (exact) mass is 209 g/mol. The molecule has 0 saturated heterocycles. The van der Waals surface area contributed by atoms with Gasteiger partial charge in [0.25, 0.3) is 0 Å². The molecule has 0 spiro atoms. The molecule has 0 saturated carbocycles. The summed E-state index contributed by atoms with van der Waals surface area (Å²) in [5.41, 5.74) is 2.38. The molecule has 14 heavy (non-hydrogen) atoms. The van der Waals surface area contributed by atoms with Crippen LogP contribution in [0, 0.1) is 0 Å². The number of rotatable bonds is 6. The molecule has 0 radical (unpaired) electrons. The Morgan fingerprint density at radius 2 is 2.21 bits per heavy atom. The second-order valence-corrected chi connectivity index (χ2v) is 3.67. The summed E-state index contributed by atoms with van der Waals surface area (Å²) in [5.74, 6) is 0.752. The number of unbranched alkanes of at least 4 members (excludes halogenated alkanes) is 1. The SMILES string of the molecule is C=CCc1ccc(CCCCCl)cn1. The first-order chi connectivity index (χ1) is 6.86. The second-order valence-electron chi connectivity index (χ2n) is 3.30. The Kier molecular flexibility index (Phi) is 5.31. The van der Waals surface area contributed by atoms with Crippen LogP contribution in [-0.2, 0) is 12.8 Å². The first kappa shape index (κ1) is 11.3. The summed E-state index contributed by atoms with van der Waals surface area (Å²) < 4.78 is 0. The molecule has 2 heteroatoms. The molecular weight excluding hydrogens is 194 g/mol. The van der Waals surface area contributed by atoms with E-state index in [1.54, 1.807) is 0 Å². The summed E-state index contributed by atoms with van der Waals surface area (Å²) >= 11 is 5.61. The van der Waals surface area contributed by atoms with E-state index < -0.39 is 0 Å². The Morgan fingerprint density at radius 3 is 2.79 bits per heavy atom. The summed E-state index contributed by atoms with van der Waals surface area (Å²) in [5, 5.41) is 0. The number of hydrogen-bond donors (Lipinski definition) is 0. The maximum absolute atomic E-state index is 5.61. The number of alkyl halides is 1. The highest BCUT2D eigenvalue weighted by Crippen LogP contribution is 2.06. The molecule has 0 fully saturated rings. The van der Waals surface area contributed by atoms with Gasteiger partial charge in [-0.25, -0.2) is 0 Å². The van der Waals surface area contributed by atoms with Crippen molar-refractivity contribution in [2.45, 2.75) is 25.7 Å². The van der Waals surface area contributed by atoms with Gasteiger partial charge in [0.15, 0.2) is 0 Å². The molecule has 1 nitrogen and oxygen atoms in total. The third kappa shape index (κ3) is 3.93. The van der Waals surface area contributed by atoms with Gasteiger partial charge >= 0.3 is 0 Å². The van der Waals surface area contributed by atoms with Gasteiger partial charge in [0.05, 0.1) is 0 Å². The molecule has 0 N–H and O–H groups in total. The van der Waals surface area contributed by atoms with E-state index in [9.17, 15) is 0 Å². The topological polar surface area (TPSA) is 12.9 Å². The maximum atomic E-state index is 5.61. The quantitative estimate of drug-likeness (QED) is 0.398. The predicted molar refractivity (Wildman–Crippen MR) is 61.8 cm³/mol. The average molecular weight is 210 g/mol. The lowest BCUT2D eigenvalue weighted by Gasteiger charge is -2.01. The van der Waals surface area contributed by atoms with Crippen molar-refractivity contribution >= 4 is 11.6 Å². The molecule has 1 heterocycles. The van der Waals surface area contributed by atoms with Crippen molar-refractivity contribution in [3.8, 4) is 0 Å². The fourth-order valence-electron chi connectivity index (χ4n) is 1.30. The van der Waals surface area contributed by atoms with E-state index in [1.165, 1.54) is 5.56 Å². The Morgan fingerprint density at radius 1 is 1.36 bits per heavy atom. The first-order valence-corrected chi connectivity index (χ1v) is 5.51. The van der Waals surface area contributed by atoms with Crippen molar-refractivity contribution in [1.29, 1.82) is 0 Å². The van der Waals surface area contributed by atoms with Gasteiger partial charge in [0.1, 0.15) is 0 Å². The molecule has 0 unspecified atom stereocenters. The van der Waals surface area contributed by atoms with E-state index in [4.69, 9.17) is 11.6 Å². The summed E-state index contributed by atoms with van der Waals surface area (Å²) in [7, 11) is 0. The molecule has 0 atom stereocenters. The average Bonchev–Trinajstić information content (AvgIpc) is 2.21. The minimum absolute atomic E-state index is 0.752. The summed E-state index contributed by atoms with van der Waals surface area (Å²) in [6.07, 6.45) is 7.97. The van der Waals surface area contributed by atoms with E-state index in [0.29, 0.717) is 0 Å². The third-order valence-electron chi connectivity index (χ3n) is 2.09. The van der Waals surface area contributed by atoms with E-state index >= 15 is 0 Å². The van der Waals surface area contributed by atoms with E-state index in [2.05, 4.69) is 23.7 Å². The number of hydrogen-bond acceptors (Lipinski definition) is 1. The molecule has 0 aromatic carbocycles. The van der Waals surface area contributed by atoms with Gasteiger partial charge in [-0.1, -0.05) is 12.1 Å². The normalized spacial score (nSPS) is 10.1. The van der Waals surface area contributed by atoms with Crippen molar-refractivity contribution in [2.75, 3.05) is 5.88 Å².